The molecule has 3 N–H and O–H groups in total. The first-order valence-electron chi connectivity index (χ1n) is 5.36. The Morgan fingerprint density at radius 1 is 1.36 bits per heavy atom. The lowest BCUT2D eigenvalue weighted by atomic mass is 10.2. The van der Waals surface area contributed by atoms with Gasteiger partial charge in [-0.3, -0.25) is 4.79 Å². The predicted octanol–water partition coefficient (Wildman–Crippen LogP) is 0.263. The highest BCUT2D eigenvalue weighted by Gasteiger charge is 2.00. The summed E-state index contributed by atoms with van der Waals surface area (Å²) in [4.78, 5) is 11.0. The lowest BCUT2D eigenvalue weighted by Crippen LogP contribution is -2.28. The van der Waals surface area contributed by atoms with E-state index < -0.39 is 0 Å². The molecule has 0 fully saturated rings. The van der Waals surface area contributed by atoms with Gasteiger partial charge < -0.3 is 15.7 Å². The van der Waals surface area contributed by atoms with Gasteiger partial charge in [-0.2, -0.15) is 0 Å². The number of hydrogen-bond acceptors (Lipinski definition) is 3. The van der Waals surface area contributed by atoms with Crippen LogP contribution >= 0.6 is 0 Å². The topological polar surface area (TPSA) is 61.4 Å². The summed E-state index contributed by atoms with van der Waals surface area (Å²) in [5.74, 6) is 0.0797. The molecular weight excluding hydrogens is 180 g/mol. The van der Waals surface area contributed by atoms with Crippen LogP contribution in [0.3, 0.4) is 0 Å². The summed E-state index contributed by atoms with van der Waals surface area (Å²) in [5.41, 5.74) is 0. The van der Waals surface area contributed by atoms with Gasteiger partial charge in [-0.25, -0.2) is 0 Å². The molecule has 0 heterocycles. The van der Waals surface area contributed by atoms with Gasteiger partial charge in [-0.1, -0.05) is 6.92 Å². The van der Waals surface area contributed by atoms with Crippen molar-refractivity contribution in [2.75, 3.05) is 19.6 Å². The van der Waals surface area contributed by atoms with E-state index in [0.29, 0.717) is 19.5 Å². The predicted molar refractivity (Wildman–Crippen MR) is 57.1 cm³/mol. The van der Waals surface area contributed by atoms with Crippen LogP contribution in [0.25, 0.3) is 0 Å². The number of amides is 1. The van der Waals surface area contributed by atoms with Gasteiger partial charge in [0.25, 0.3) is 0 Å². The van der Waals surface area contributed by atoms with E-state index in [1.54, 1.807) is 0 Å². The summed E-state index contributed by atoms with van der Waals surface area (Å²) in [5, 5.41) is 15.1. The molecule has 0 aromatic rings. The second kappa shape index (κ2) is 8.97. The van der Waals surface area contributed by atoms with Crippen molar-refractivity contribution >= 4 is 5.91 Å². The number of carbonyl (C=O) groups excluding carboxylic acids is 1. The fourth-order valence-electron chi connectivity index (χ4n) is 1.09. The highest BCUT2D eigenvalue weighted by atomic mass is 16.3. The number of aliphatic hydroxyl groups is 1. The second-order valence-electron chi connectivity index (χ2n) is 3.30. The van der Waals surface area contributed by atoms with Gasteiger partial charge in [0.1, 0.15) is 0 Å². The van der Waals surface area contributed by atoms with Gasteiger partial charge in [0.15, 0.2) is 0 Å². The van der Waals surface area contributed by atoms with Crippen LogP contribution in [0, 0.1) is 0 Å². The van der Waals surface area contributed by atoms with Crippen LogP contribution in [0.15, 0.2) is 0 Å². The van der Waals surface area contributed by atoms with Crippen molar-refractivity contribution in [3.8, 4) is 0 Å². The van der Waals surface area contributed by atoms with E-state index in [4.69, 9.17) is 0 Å². The Morgan fingerprint density at radius 3 is 2.64 bits per heavy atom. The van der Waals surface area contributed by atoms with E-state index in [2.05, 4.69) is 10.6 Å². The number of nitrogens with one attached hydrogen (secondary N) is 2. The van der Waals surface area contributed by atoms with Crippen LogP contribution < -0.4 is 10.6 Å². The third kappa shape index (κ3) is 8.01. The largest absolute Gasteiger partial charge is 0.393 e. The average molecular weight is 202 g/mol. The fourth-order valence-corrected chi connectivity index (χ4v) is 1.09. The molecule has 0 radical (unpaired) electrons. The summed E-state index contributed by atoms with van der Waals surface area (Å²) >= 11 is 0. The number of aliphatic hydroxyl groups excluding tert-OH is 1. The molecule has 0 aliphatic carbocycles. The minimum absolute atomic E-state index is 0.0797. The Labute approximate surface area is 86.1 Å². The highest BCUT2D eigenvalue weighted by Crippen LogP contribution is 1.93. The molecule has 0 saturated carbocycles. The molecule has 1 amide bonds. The molecule has 0 aromatic carbocycles. The average Bonchev–Trinajstić information content (AvgIpc) is 2.17. The summed E-state index contributed by atoms with van der Waals surface area (Å²) in [7, 11) is 0. The van der Waals surface area contributed by atoms with Gasteiger partial charge in [0.05, 0.1) is 6.10 Å². The lowest BCUT2D eigenvalue weighted by molar-refractivity contribution is -0.120. The first-order valence-corrected chi connectivity index (χ1v) is 5.36. The second-order valence-corrected chi connectivity index (χ2v) is 3.30. The van der Waals surface area contributed by atoms with Gasteiger partial charge in [0, 0.05) is 19.5 Å². The van der Waals surface area contributed by atoms with Crippen molar-refractivity contribution < 1.29 is 9.90 Å². The zero-order valence-corrected chi connectivity index (χ0v) is 9.18. The van der Waals surface area contributed by atoms with Gasteiger partial charge in [-0.15, -0.1) is 0 Å². The summed E-state index contributed by atoms with van der Waals surface area (Å²) in [6.45, 7) is 6.01. The maximum absolute atomic E-state index is 11.0. The van der Waals surface area contributed by atoms with Crippen molar-refractivity contribution in [1.29, 1.82) is 0 Å². The van der Waals surface area contributed by atoms with Crippen LogP contribution in [-0.4, -0.2) is 36.8 Å². The van der Waals surface area contributed by atoms with Gasteiger partial charge >= 0.3 is 0 Å². The van der Waals surface area contributed by atoms with Crippen molar-refractivity contribution in [3.05, 3.63) is 0 Å². The Bertz CT molecular complexity index is 151. The van der Waals surface area contributed by atoms with E-state index in [1.807, 2.05) is 13.8 Å². The first-order chi connectivity index (χ1) is 6.70. The molecule has 4 heteroatoms. The minimum Gasteiger partial charge on any atom is -0.393 e. The van der Waals surface area contributed by atoms with E-state index in [0.717, 1.165) is 19.4 Å². The molecular formula is C10H22N2O2. The molecule has 0 spiro atoms. The smallest absolute Gasteiger partial charge is 0.221 e. The van der Waals surface area contributed by atoms with Gasteiger partial charge in [0.2, 0.25) is 5.91 Å². The molecule has 0 aromatic heterocycles. The van der Waals surface area contributed by atoms with Crippen LogP contribution in [0.4, 0.5) is 0 Å². The summed E-state index contributed by atoms with van der Waals surface area (Å²) in [6, 6.07) is 0. The van der Waals surface area contributed by atoms with E-state index >= 15 is 0 Å². The molecule has 0 saturated heterocycles. The zero-order chi connectivity index (χ0) is 10.8. The van der Waals surface area contributed by atoms with E-state index in [-0.39, 0.29) is 12.0 Å². The van der Waals surface area contributed by atoms with Crippen LogP contribution in [-0.2, 0) is 4.79 Å². The van der Waals surface area contributed by atoms with Crippen molar-refractivity contribution in [2.24, 2.45) is 0 Å². The van der Waals surface area contributed by atoms with Crippen molar-refractivity contribution in [2.45, 2.75) is 39.2 Å². The monoisotopic (exact) mass is 202 g/mol. The lowest BCUT2D eigenvalue weighted by Gasteiger charge is -2.08. The molecule has 0 bridgehead atoms. The maximum atomic E-state index is 11.0. The Hall–Kier alpha value is -0.610. The molecule has 1 atom stereocenters. The Morgan fingerprint density at radius 2 is 2.07 bits per heavy atom. The SMILES string of the molecule is CCNC(=O)CCNCCC(O)CC. The third-order valence-electron chi connectivity index (χ3n) is 2.03. The quantitative estimate of drug-likeness (QED) is 0.495. The van der Waals surface area contributed by atoms with Crippen molar-refractivity contribution in [3.63, 3.8) is 0 Å². The molecule has 0 aliphatic rings. The normalized spacial score (nSPS) is 12.5. The minimum atomic E-state index is -0.216. The van der Waals surface area contributed by atoms with E-state index in [1.165, 1.54) is 0 Å². The molecule has 1 unspecified atom stereocenters. The van der Waals surface area contributed by atoms with Crippen LogP contribution in [0.1, 0.15) is 33.1 Å². The number of rotatable bonds is 8. The molecule has 0 aliphatic heterocycles. The van der Waals surface area contributed by atoms with Crippen LogP contribution in [0.5, 0.6) is 0 Å². The molecule has 84 valence electrons. The molecule has 0 rings (SSSR count). The Balaban J connectivity index is 3.17. The molecule has 14 heavy (non-hydrogen) atoms. The maximum Gasteiger partial charge on any atom is 0.221 e. The van der Waals surface area contributed by atoms with Gasteiger partial charge in [-0.05, 0) is 26.3 Å². The standard InChI is InChI=1S/C10H22N2O2/c1-3-9(13)5-7-11-8-6-10(14)12-4-2/h9,11,13H,3-8H2,1-2H3,(H,12,14). The summed E-state index contributed by atoms with van der Waals surface area (Å²) in [6.07, 6.45) is 1.84. The number of carbonyl (C=O) groups is 1. The highest BCUT2D eigenvalue weighted by molar-refractivity contribution is 5.75. The first kappa shape index (κ1) is 13.4. The van der Waals surface area contributed by atoms with E-state index in [9.17, 15) is 9.90 Å². The van der Waals surface area contributed by atoms with Crippen LogP contribution in [0.2, 0.25) is 0 Å². The number of hydrogen-bond donors (Lipinski definition) is 3. The Kier molecular flexibility index (Phi) is 8.57. The third-order valence-corrected chi connectivity index (χ3v) is 2.03. The zero-order valence-electron chi connectivity index (χ0n) is 9.18. The van der Waals surface area contributed by atoms with Crippen molar-refractivity contribution in [1.82, 2.24) is 10.6 Å². The fraction of sp³-hybridized carbons (Fsp3) is 0.900. The molecule has 4 nitrogen and oxygen atoms in total. The summed E-state index contributed by atoms with van der Waals surface area (Å²) < 4.78 is 0.